The Bertz CT molecular complexity index is 414. The van der Waals surface area contributed by atoms with E-state index in [4.69, 9.17) is 0 Å². The number of nitrogens with one attached hydrogen (secondary N) is 1. The normalized spacial score (nSPS) is 16.1. The first-order valence-corrected chi connectivity index (χ1v) is 4.46. The second-order valence-electron chi connectivity index (χ2n) is 3.07. The Morgan fingerprint density at radius 1 is 1.27 bits per heavy atom. The molecule has 1 aliphatic heterocycles. The molecule has 0 atom stereocenters. The lowest BCUT2D eigenvalue weighted by atomic mass is 10.2. The lowest BCUT2D eigenvalue weighted by Gasteiger charge is -2.03. The smallest absolute Gasteiger partial charge is 0.275 e. The fourth-order valence-electron chi connectivity index (χ4n) is 1.20. The van der Waals surface area contributed by atoms with Gasteiger partial charge in [0.25, 0.3) is 0 Å². The van der Waals surface area contributed by atoms with Crippen molar-refractivity contribution in [1.29, 1.82) is 0 Å². The maximum absolute atomic E-state index is 11.1. The number of hydrazone groups is 1. The Kier molecular flexibility index (Phi) is 2.45. The zero-order valence-electron chi connectivity index (χ0n) is 7.88. The van der Waals surface area contributed by atoms with Crippen LogP contribution in [0.4, 0.5) is 4.79 Å². The van der Waals surface area contributed by atoms with Crippen LogP contribution in [0.5, 0.6) is 0 Å². The maximum Gasteiger partial charge on any atom is 0.344 e. The van der Waals surface area contributed by atoms with Gasteiger partial charge in [-0.05, 0) is 5.56 Å². The number of carbonyl (C=O) groups excluding carboxylic acids is 2. The minimum absolute atomic E-state index is 0.0117. The van der Waals surface area contributed by atoms with Gasteiger partial charge in [-0.3, -0.25) is 10.1 Å². The largest absolute Gasteiger partial charge is 0.344 e. The monoisotopic (exact) mass is 203 g/mol. The first kappa shape index (κ1) is 9.39. The van der Waals surface area contributed by atoms with Gasteiger partial charge >= 0.3 is 6.03 Å². The van der Waals surface area contributed by atoms with Crippen molar-refractivity contribution in [2.75, 3.05) is 6.54 Å². The predicted molar refractivity (Wildman–Crippen MR) is 54.3 cm³/mol. The molecular weight excluding hydrogens is 194 g/mol. The standard InChI is InChI=1S/C10H9N3O2/c14-9-7-13(10(15)12-9)11-6-8-4-2-1-3-5-8/h1-6H,7H2,(H,12,14,15)/b11-6-. The molecule has 1 heterocycles. The van der Waals surface area contributed by atoms with Gasteiger partial charge in [-0.2, -0.15) is 5.10 Å². The summed E-state index contributed by atoms with van der Waals surface area (Å²) < 4.78 is 0. The third-order valence-electron chi connectivity index (χ3n) is 1.92. The minimum Gasteiger partial charge on any atom is -0.275 e. The Morgan fingerprint density at radius 3 is 2.60 bits per heavy atom. The van der Waals surface area contributed by atoms with Crippen LogP contribution in [0.15, 0.2) is 35.4 Å². The maximum atomic E-state index is 11.1. The Hall–Kier alpha value is -2.17. The van der Waals surface area contributed by atoms with E-state index in [1.54, 1.807) is 0 Å². The van der Waals surface area contributed by atoms with Crippen LogP contribution < -0.4 is 5.32 Å². The van der Waals surface area contributed by atoms with Crippen molar-refractivity contribution in [3.63, 3.8) is 0 Å². The molecule has 0 aromatic heterocycles. The number of rotatable bonds is 2. The number of urea groups is 1. The molecule has 0 aliphatic carbocycles. The quantitative estimate of drug-likeness (QED) is 0.564. The van der Waals surface area contributed by atoms with Crippen LogP contribution in [-0.2, 0) is 4.79 Å². The number of amides is 3. The number of benzene rings is 1. The summed E-state index contributed by atoms with van der Waals surface area (Å²) in [4.78, 5) is 21.9. The molecule has 1 aromatic carbocycles. The summed E-state index contributed by atoms with van der Waals surface area (Å²) in [7, 11) is 0. The second-order valence-corrected chi connectivity index (χ2v) is 3.07. The first-order chi connectivity index (χ1) is 7.25. The Labute approximate surface area is 86.4 Å². The highest BCUT2D eigenvalue weighted by molar-refractivity contribution is 6.02. The molecule has 5 nitrogen and oxygen atoms in total. The van der Waals surface area contributed by atoms with E-state index in [9.17, 15) is 9.59 Å². The van der Waals surface area contributed by atoms with Gasteiger partial charge in [-0.1, -0.05) is 30.3 Å². The average molecular weight is 203 g/mol. The third-order valence-corrected chi connectivity index (χ3v) is 1.92. The van der Waals surface area contributed by atoms with E-state index in [0.29, 0.717) is 0 Å². The summed E-state index contributed by atoms with van der Waals surface area (Å²) >= 11 is 0. The molecule has 76 valence electrons. The zero-order chi connectivity index (χ0) is 10.7. The molecule has 1 saturated heterocycles. The molecule has 5 heteroatoms. The topological polar surface area (TPSA) is 61.8 Å². The second kappa shape index (κ2) is 3.91. The Morgan fingerprint density at radius 2 is 2.00 bits per heavy atom. The highest BCUT2D eigenvalue weighted by Gasteiger charge is 2.25. The van der Waals surface area contributed by atoms with Gasteiger partial charge in [0, 0.05) is 0 Å². The fourth-order valence-corrected chi connectivity index (χ4v) is 1.20. The fraction of sp³-hybridized carbons (Fsp3) is 0.100. The molecule has 1 fully saturated rings. The molecular formula is C10H9N3O2. The van der Waals surface area contributed by atoms with Crippen LogP contribution in [0.1, 0.15) is 5.56 Å². The van der Waals surface area contributed by atoms with Gasteiger partial charge < -0.3 is 0 Å². The number of imide groups is 1. The van der Waals surface area contributed by atoms with E-state index in [-0.39, 0.29) is 12.5 Å². The Balaban J connectivity index is 2.06. The molecule has 1 N–H and O–H groups in total. The number of carbonyl (C=O) groups is 2. The summed E-state index contributed by atoms with van der Waals surface area (Å²) in [5.41, 5.74) is 0.879. The molecule has 0 spiro atoms. The average Bonchev–Trinajstić information content (AvgIpc) is 2.56. The summed E-state index contributed by atoms with van der Waals surface area (Å²) in [5.74, 6) is -0.329. The molecule has 0 bridgehead atoms. The SMILES string of the molecule is O=C1CN(/N=C\c2ccccc2)C(=O)N1. The van der Waals surface area contributed by atoms with Crippen LogP contribution in [0.2, 0.25) is 0 Å². The molecule has 1 aromatic rings. The van der Waals surface area contributed by atoms with E-state index in [1.807, 2.05) is 30.3 Å². The van der Waals surface area contributed by atoms with Crippen LogP contribution in [0.25, 0.3) is 0 Å². The van der Waals surface area contributed by atoms with Gasteiger partial charge in [0.05, 0.1) is 6.21 Å². The van der Waals surface area contributed by atoms with Crippen LogP contribution >= 0.6 is 0 Å². The summed E-state index contributed by atoms with van der Waals surface area (Å²) in [6, 6.07) is 8.88. The van der Waals surface area contributed by atoms with Crippen molar-refractivity contribution in [2.24, 2.45) is 5.10 Å². The van der Waals surface area contributed by atoms with Crippen molar-refractivity contribution in [3.05, 3.63) is 35.9 Å². The van der Waals surface area contributed by atoms with E-state index in [2.05, 4.69) is 10.4 Å². The highest BCUT2D eigenvalue weighted by Crippen LogP contribution is 2.00. The van der Waals surface area contributed by atoms with E-state index in [0.717, 1.165) is 10.6 Å². The first-order valence-electron chi connectivity index (χ1n) is 4.46. The van der Waals surface area contributed by atoms with Gasteiger partial charge in [0.1, 0.15) is 6.54 Å². The number of hydrogen-bond acceptors (Lipinski definition) is 3. The van der Waals surface area contributed by atoms with Crippen molar-refractivity contribution in [1.82, 2.24) is 10.3 Å². The van der Waals surface area contributed by atoms with Crippen molar-refractivity contribution in [3.8, 4) is 0 Å². The molecule has 2 rings (SSSR count). The van der Waals surface area contributed by atoms with E-state index >= 15 is 0 Å². The molecule has 0 radical (unpaired) electrons. The van der Waals surface area contributed by atoms with Gasteiger partial charge in [-0.15, -0.1) is 0 Å². The zero-order valence-corrected chi connectivity index (χ0v) is 7.88. The van der Waals surface area contributed by atoms with Crippen LogP contribution in [0.3, 0.4) is 0 Å². The molecule has 15 heavy (non-hydrogen) atoms. The van der Waals surface area contributed by atoms with Gasteiger partial charge in [0.2, 0.25) is 5.91 Å². The lowest BCUT2D eigenvalue weighted by Crippen LogP contribution is -2.24. The van der Waals surface area contributed by atoms with Crippen LogP contribution in [0, 0.1) is 0 Å². The lowest BCUT2D eigenvalue weighted by molar-refractivity contribution is -0.118. The summed E-state index contributed by atoms with van der Waals surface area (Å²) in [6.45, 7) is -0.0117. The number of nitrogens with zero attached hydrogens (tertiary/aromatic N) is 2. The molecule has 0 saturated carbocycles. The van der Waals surface area contributed by atoms with Gasteiger partial charge in [0.15, 0.2) is 0 Å². The molecule has 1 aliphatic rings. The summed E-state index contributed by atoms with van der Waals surface area (Å²) in [5, 5.41) is 7.13. The van der Waals surface area contributed by atoms with Crippen LogP contribution in [-0.4, -0.2) is 29.7 Å². The third kappa shape index (κ3) is 2.19. The van der Waals surface area contributed by atoms with Crippen molar-refractivity contribution in [2.45, 2.75) is 0 Å². The predicted octanol–water partition coefficient (Wildman–Crippen LogP) is 0.572. The van der Waals surface area contributed by atoms with Crippen molar-refractivity contribution >= 4 is 18.2 Å². The minimum atomic E-state index is -0.479. The van der Waals surface area contributed by atoms with Gasteiger partial charge in [-0.25, -0.2) is 9.80 Å². The molecule has 0 unspecified atom stereocenters. The number of hydrogen-bond donors (Lipinski definition) is 1. The van der Waals surface area contributed by atoms with E-state index < -0.39 is 6.03 Å². The van der Waals surface area contributed by atoms with E-state index in [1.165, 1.54) is 6.21 Å². The van der Waals surface area contributed by atoms with Crippen molar-refractivity contribution < 1.29 is 9.59 Å². The highest BCUT2D eigenvalue weighted by atomic mass is 16.2. The summed E-state index contributed by atoms with van der Waals surface area (Å²) in [6.07, 6.45) is 1.54. The molecule has 3 amide bonds.